The van der Waals surface area contributed by atoms with Crippen LogP contribution in [0.1, 0.15) is 38.5 Å². The molecule has 0 heterocycles. The summed E-state index contributed by atoms with van der Waals surface area (Å²) in [7, 11) is -3.07. The summed E-state index contributed by atoms with van der Waals surface area (Å²) in [5, 5.41) is 15.1. The van der Waals surface area contributed by atoms with Gasteiger partial charge in [-0.1, -0.05) is 25.3 Å². The van der Waals surface area contributed by atoms with Gasteiger partial charge in [-0.2, -0.15) is 0 Å². The van der Waals surface area contributed by atoms with Gasteiger partial charge in [0.1, 0.15) is 12.4 Å². The van der Waals surface area contributed by atoms with Gasteiger partial charge in [-0.15, -0.1) is 0 Å². The molecular formula is C19H30N2O5S. The standard InChI is InChI=1S/C19H30N2O5S/c1-27(24,25)13-12-26-17-7-5-6-16(14-17)21-18(23)20-15-19(10-11-22)8-3-2-4-9-19/h5-7,14,22H,2-4,8-13,15H2,1H3,(H2,20,21,23). The lowest BCUT2D eigenvalue weighted by atomic mass is 9.72. The van der Waals surface area contributed by atoms with Crippen LogP contribution >= 0.6 is 0 Å². The van der Waals surface area contributed by atoms with Crippen molar-refractivity contribution in [2.45, 2.75) is 38.5 Å². The first-order valence-electron chi connectivity index (χ1n) is 9.38. The molecule has 152 valence electrons. The summed E-state index contributed by atoms with van der Waals surface area (Å²) in [6.45, 7) is 0.748. The molecule has 1 aromatic rings. The number of amides is 2. The molecule has 1 saturated carbocycles. The fraction of sp³-hybridized carbons (Fsp3) is 0.632. The van der Waals surface area contributed by atoms with Crippen molar-refractivity contribution in [1.82, 2.24) is 5.32 Å². The van der Waals surface area contributed by atoms with Gasteiger partial charge in [-0.05, 0) is 36.8 Å². The Balaban J connectivity index is 1.85. The molecule has 1 aromatic carbocycles. The molecule has 0 aromatic heterocycles. The van der Waals surface area contributed by atoms with Crippen LogP contribution in [-0.2, 0) is 9.84 Å². The number of hydrogen-bond acceptors (Lipinski definition) is 5. The summed E-state index contributed by atoms with van der Waals surface area (Å²) in [6, 6.07) is 6.55. The molecular weight excluding hydrogens is 368 g/mol. The van der Waals surface area contributed by atoms with E-state index in [9.17, 15) is 18.3 Å². The molecule has 0 atom stereocenters. The number of benzene rings is 1. The Morgan fingerprint density at radius 1 is 1.26 bits per heavy atom. The Bertz CT molecular complexity index is 709. The molecule has 8 heteroatoms. The molecule has 1 fully saturated rings. The van der Waals surface area contributed by atoms with E-state index in [0.29, 0.717) is 24.4 Å². The average molecular weight is 399 g/mol. The minimum absolute atomic E-state index is 0.0130. The number of urea groups is 1. The van der Waals surface area contributed by atoms with Crippen LogP contribution in [0.3, 0.4) is 0 Å². The zero-order valence-corrected chi connectivity index (χ0v) is 16.7. The van der Waals surface area contributed by atoms with Gasteiger partial charge in [0.05, 0.1) is 5.75 Å². The van der Waals surface area contributed by atoms with E-state index in [1.54, 1.807) is 24.3 Å². The lowest BCUT2D eigenvalue weighted by molar-refractivity contribution is 0.128. The number of carbonyl (C=O) groups is 1. The van der Waals surface area contributed by atoms with Gasteiger partial charge in [0.2, 0.25) is 0 Å². The number of hydrogen-bond donors (Lipinski definition) is 3. The summed E-state index contributed by atoms with van der Waals surface area (Å²) in [5.74, 6) is 0.443. The highest BCUT2D eigenvalue weighted by molar-refractivity contribution is 7.90. The Morgan fingerprint density at radius 2 is 2.00 bits per heavy atom. The molecule has 1 aliphatic carbocycles. The topological polar surface area (TPSA) is 105 Å². The quantitative estimate of drug-likeness (QED) is 0.593. The van der Waals surface area contributed by atoms with E-state index in [1.165, 1.54) is 6.42 Å². The molecule has 27 heavy (non-hydrogen) atoms. The molecule has 0 aliphatic heterocycles. The van der Waals surface area contributed by atoms with E-state index >= 15 is 0 Å². The smallest absolute Gasteiger partial charge is 0.319 e. The predicted octanol–water partition coefficient (Wildman–Crippen LogP) is 2.56. The lowest BCUT2D eigenvalue weighted by Crippen LogP contribution is -2.41. The van der Waals surface area contributed by atoms with Crippen molar-refractivity contribution in [2.24, 2.45) is 5.41 Å². The minimum atomic E-state index is -3.07. The van der Waals surface area contributed by atoms with Gasteiger partial charge in [-0.3, -0.25) is 0 Å². The Hall–Kier alpha value is -1.80. The first kappa shape index (κ1) is 21.5. The van der Waals surface area contributed by atoms with E-state index in [4.69, 9.17) is 4.74 Å². The zero-order chi connectivity index (χ0) is 19.8. The van der Waals surface area contributed by atoms with Gasteiger partial charge in [-0.25, -0.2) is 13.2 Å². The number of aliphatic hydroxyl groups excluding tert-OH is 1. The maximum Gasteiger partial charge on any atom is 0.319 e. The highest BCUT2D eigenvalue weighted by Gasteiger charge is 2.31. The summed E-state index contributed by atoms with van der Waals surface area (Å²) >= 11 is 0. The molecule has 2 rings (SSSR count). The van der Waals surface area contributed by atoms with Gasteiger partial charge in [0, 0.05) is 31.2 Å². The van der Waals surface area contributed by atoms with E-state index in [0.717, 1.165) is 31.9 Å². The Morgan fingerprint density at radius 3 is 2.67 bits per heavy atom. The van der Waals surface area contributed by atoms with Crippen molar-refractivity contribution in [3.05, 3.63) is 24.3 Å². The van der Waals surface area contributed by atoms with Crippen LogP contribution in [0.5, 0.6) is 5.75 Å². The van der Waals surface area contributed by atoms with Crippen LogP contribution in [0.15, 0.2) is 24.3 Å². The second-order valence-corrected chi connectivity index (χ2v) is 9.61. The van der Waals surface area contributed by atoms with Gasteiger partial charge < -0.3 is 20.5 Å². The fourth-order valence-electron chi connectivity index (χ4n) is 3.47. The molecule has 0 spiro atoms. The highest BCUT2D eigenvalue weighted by atomic mass is 32.2. The molecule has 0 bridgehead atoms. The molecule has 2 amide bonds. The van der Waals surface area contributed by atoms with E-state index in [-0.39, 0.29) is 30.4 Å². The van der Waals surface area contributed by atoms with Crippen LogP contribution in [0, 0.1) is 5.41 Å². The highest BCUT2D eigenvalue weighted by Crippen LogP contribution is 2.38. The van der Waals surface area contributed by atoms with Gasteiger partial charge in [0.25, 0.3) is 0 Å². The van der Waals surface area contributed by atoms with Crippen LogP contribution in [0.25, 0.3) is 0 Å². The third-order valence-corrected chi connectivity index (χ3v) is 5.90. The molecule has 3 N–H and O–H groups in total. The van der Waals surface area contributed by atoms with E-state index in [2.05, 4.69) is 10.6 Å². The Labute approximate surface area is 161 Å². The number of nitrogens with one attached hydrogen (secondary N) is 2. The molecule has 7 nitrogen and oxygen atoms in total. The lowest BCUT2D eigenvalue weighted by Gasteiger charge is -2.37. The van der Waals surface area contributed by atoms with Crippen molar-refractivity contribution in [3.8, 4) is 5.75 Å². The van der Waals surface area contributed by atoms with Crippen molar-refractivity contribution in [3.63, 3.8) is 0 Å². The molecule has 1 aliphatic rings. The first-order chi connectivity index (χ1) is 12.8. The average Bonchev–Trinajstić information content (AvgIpc) is 2.60. The maximum atomic E-state index is 12.3. The van der Waals surface area contributed by atoms with E-state index in [1.807, 2.05) is 0 Å². The second-order valence-electron chi connectivity index (χ2n) is 7.35. The summed E-state index contributed by atoms with van der Waals surface area (Å²) in [6.07, 6.45) is 7.40. The van der Waals surface area contributed by atoms with Gasteiger partial charge >= 0.3 is 6.03 Å². The second kappa shape index (κ2) is 9.94. The SMILES string of the molecule is CS(=O)(=O)CCOc1cccc(NC(=O)NCC2(CCO)CCCCC2)c1. The normalized spacial score (nSPS) is 16.5. The van der Waals surface area contributed by atoms with Crippen molar-refractivity contribution in [1.29, 1.82) is 0 Å². The van der Waals surface area contributed by atoms with Crippen LogP contribution in [-0.4, -0.2) is 51.3 Å². The third-order valence-electron chi connectivity index (χ3n) is 5.00. The minimum Gasteiger partial charge on any atom is -0.492 e. The predicted molar refractivity (Wildman–Crippen MR) is 106 cm³/mol. The van der Waals surface area contributed by atoms with Crippen LogP contribution in [0.4, 0.5) is 10.5 Å². The molecule has 0 unspecified atom stereocenters. The van der Waals surface area contributed by atoms with Crippen LogP contribution < -0.4 is 15.4 Å². The van der Waals surface area contributed by atoms with Crippen LogP contribution in [0.2, 0.25) is 0 Å². The molecule has 0 saturated heterocycles. The van der Waals surface area contributed by atoms with Crippen molar-refractivity contribution in [2.75, 3.05) is 37.1 Å². The Kier molecular flexibility index (Phi) is 7.91. The molecule has 0 radical (unpaired) electrons. The van der Waals surface area contributed by atoms with E-state index < -0.39 is 9.84 Å². The fourth-order valence-corrected chi connectivity index (χ4v) is 3.86. The number of carbonyl (C=O) groups excluding carboxylic acids is 1. The van der Waals surface area contributed by atoms with Gasteiger partial charge in [0.15, 0.2) is 9.84 Å². The monoisotopic (exact) mass is 398 g/mol. The first-order valence-corrected chi connectivity index (χ1v) is 11.4. The number of rotatable bonds is 9. The number of ether oxygens (including phenoxy) is 1. The zero-order valence-electron chi connectivity index (χ0n) is 15.9. The maximum absolute atomic E-state index is 12.3. The largest absolute Gasteiger partial charge is 0.492 e. The number of anilines is 1. The summed E-state index contributed by atoms with van der Waals surface area (Å²) in [5.41, 5.74) is 0.560. The third kappa shape index (κ3) is 7.76. The summed E-state index contributed by atoms with van der Waals surface area (Å²) in [4.78, 5) is 12.3. The van der Waals surface area contributed by atoms with Crippen molar-refractivity contribution >= 4 is 21.6 Å². The number of sulfone groups is 1. The van der Waals surface area contributed by atoms with Crippen molar-refractivity contribution < 1.29 is 23.1 Å². The summed E-state index contributed by atoms with van der Waals surface area (Å²) < 4.78 is 27.7. The number of aliphatic hydroxyl groups is 1.